The third kappa shape index (κ3) is 3.70. The van der Waals surface area contributed by atoms with Crippen molar-refractivity contribution in [3.63, 3.8) is 0 Å². The largest absolute Gasteiger partial charge is 0.357 e. The number of hydrogen-bond acceptors (Lipinski definition) is 6. The van der Waals surface area contributed by atoms with Gasteiger partial charge in [-0.15, -0.1) is 0 Å². The van der Waals surface area contributed by atoms with Gasteiger partial charge in [-0.2, -0.15) is 4.98 Å². The number of nitrogens with one attached hydrogen (secondary N) is 2. The molecule has 4 rings (SSSR count). The van der Waals surface area contributed by atoms with Crippen LogP contribution in [0, 0.1) is 5.92 Å². The van der Waals surface area contributed by atoms with E-state index in [9.17, 15) is 0 Å². The van der Waals surface area contributed by atoms with Crippen LogP contribution in [0.25, 0.3) is 11.2 Å². The lowest BCUT2D eigenvalue weighted by Crippen LogP contribution is -2.24. The van der Waals surface area contributed by atoms with E-state index in [0.29, 0.717) is 22.9 Å². The molecule has 0 bridgehead atoms. The highest BCUT2D eigenvalue weighted by Crippen LogP contribution is 2.36. The molecule has 0 aliphatic heterocycles. The summed E-state index contributed by atoms with van der Waals surface area (Å²) in [6.45, 7) is 0.761. The van der Waals surface area contributed by atoms with Gasteiger partial charge in [0.05, 0.1) is 6.20 Å². The van der Waals surface area contributed by atoms with Crippen molar-refractivity contribution in [3.05, 3.63) is 35.5 Å². The van der Waals surface area contributed by atoms with Crippen LogP contribution < -0.4 is 16.4 Å². The number of fused-ring (bicyclic) bond motifs is 1. The van der Waals surface area contributed by atoms with E-state index in [-0.39, 0.29) is 0 Å². The smallest absolute Gasteiger partial charge is 0.224 e. The highest BCUT2D eigenvalue weighted by Gasteiger charge is 2.26. The number of benzene rings is 1. The number of nitrogens with zero attached hydrogens (tertiary/aromatic N) is 4. The summed E-state index contributed by atoms with van der Waals surface area (Å²) < 4.78 is 2.21. The molecule has 0 unspecified atom stereocenters. The third-order valence-electron chi connectivity index (χ3n) is 5.25. The molecule has 142 valence electrons. The molecule has 8 heteroatoms. The van der Waals surface area contributed by atoms with Gasteiger partial charge in [0.15, 0.2) is 5.65 Å². The van der Waals surface area contributed by atoms with Gasteiger partial charge >= 0.3 is 0 Å². The van der Waals surface area contributed by atoms with Gasteiger partial charge in [-0.05, 0) is 56.3 Å². The van der Waals surface area contributed by atoms with Crippen LogP contribution in [0.3, 0.4) is 0 Å². The number of hydrogen-bond donors (Lipinski definition) is 3. The van der Waals surface area contributed by atoms with E-state index >= 15 is 0 Å². The molecule has 0 atom stereocenters. The van der Waals surface area contributed by atoms with Gasteiger partial charge in [0.25, 0.3) is 0 Å². The van der Waals surface area contributed by atoms with E-state index in [1.807, 2.05) is 31.3 Å². The Labute approximate surface area is 163 Å². The Balaban J connectivity index is 1.75. The van der Waals surface area contributed by atoms with Gasteiger partial charge in [-0.3, -0.25) is 4.57 Å². The zero-order valence-corrected chi connectivity index (χ0v) is 16.1. The van der Waals surface area contributed by atoms with Crippen LogP contribution >= 0.6 is 11.6 Å². The lowest BCUT2D eigenvalue weighted by atomic mass is 9.86. The Morgan fingerprint density at radius 2 is 2.04 bits per heavy atom. The zero-order chi connectivity index (χ0) is 18.8. The zero-order valence-electron chi connectivity index (χ0n) is 15.3. The maximum absolute atomic E-state index is 6.14. The second-order valence-corrected chi connectivity index (χ2v) is 7.44. The molecule has 7 nitrogen and oxygen atoms in total. The first kappa shape index (κ1) is 18.0. The SMILES string of the molecule is CNc1ncc2nc(Nc3cccc(Cl)c3)n([C@H]3CC[C@H](CN)CC3)c2n1. The summed E-state index contributed by atoms with van der Waals surface area (Å²) in [4.78, 5) is 13.7. The summed E-state index contributed by atoms with van der Waals surface area (Å²) in [6, 6.07) is 7.98. The molecular formula is C19H24ClN7. The van der Waals surface area contributed by atoms with Gasteiger partial charge in [0.2, 0.25) is 11.9 Å². The molecule has 3 aromatic rings. The molecule has 0 spiro atoms. The van der Waals surface area contributed by atoms with Crippen LogP contribution in [-0.4, -0.2) is 33.1 Å². The molecule has 2 heterocycles. The van der Waals surface area contributed by atoms with Gasteiger partial charge in [0, 0.05) is 23.8 Å². The first-order valence-electron chi connectivity index (χ1n) is 9.33. The monoisotopic (exact) mass is 385 g/mol. The molecule has 1 fully saturated rings. The quantitative estimate of drug-likeness (QED) is 0.615. The van der Waals surface area contributed by atoms with Crippen molar-refractivity contribution in [1.29, 1.82) is 0 Å². The van der Waals surface area contributed by atoms with Crippen LogP contribution in [0.15, 0.2) is 30.5 Å². The van der Waals surface area contributed by atoms with E-state index in [1.54, 1.807) is 6.20 Å². The fourth-order valence-corrected chi connectivity index (χ4v) is 3.97. The van der Waals surface area contributed by atoms with E-state index in [4.69, 9.17) is 22.3 Å². The Kier molecular flexibility index (Phi) is 5.13. The summed E-state index contributed by atoms with van der Waals surface area (Å²) in [5, 5.41) is 7.12. The summed E-state index contributed by atoms with van der Waals surface area (Å²) in [7, 11) is 1.82. The van der Waals surface area contributed by atoms with Crippen LogP contribution in [0.5, 0.6) is 0 Å². The van der Waals surface area contributed by atoms with Gasteiger partial charge in [-0.1, -0.05) is 17.7 Å². The van der Waals surface area contributed by atoms with E-state index in [1.165, 1.54) is 0 Å². The molecule has 1 aliphatic carbocycles. The van der Waals surface area contributed by atoms with Crippen molar-refractivity contribution in [1.82, 2.24) is 19.5 Å². The van der Waals surface area contributed by atoms with Crippen molar-refractivity contribution >= 4 is 40.3 Å². The highest BCUT2D eigenvalue weighted by molar-refractivity contribution is 6.30. The number of rotatable bonds is 5. The fraction of sp³-hybridized carbons (Fsp3) is 0.421. The predicted octanol–water partition coefficient (Wildman–Crippen LogP) is 3.96. The van der Waals surface area contributed by atoms with Crippen LogP contribution in [0.2, 0.25) is 5.02 Å². The van der Waals surface area contributed by atoms with Gasteiger partial charge in [-0.25, -0.2) is 9.97 Å². The normalized spacial score (nSPS) is 20.0. The molecule has 1 aromatic carbocycles. The standard InChI is InChI=1S/C19H24ClN7/c1-22-18-23-11-16-17(26-18)27(15-7-5-12(10-21)6-8-15)19(25-16)24-14-4-2-3-13(20)9-14/h2-4,9,11-12,15H,5-8,10,21H2,1H3,(H,24,25)(H,22,23,26)/t12-,15-. The second kappa shape index (κ2) is 7.70. The molecule has 4 N–H and O–H groups in total. The molecule has 0 amide bonds. The highest BCUT2D eigenvalue weighted by atomic mass is 35.5. The van der Waals surface area contributed by atoms with Gasteiger partial charge in [0.1, 0.15) is 5.52 Å². The van der Waals surface area contributed by atoms with Crippen molar-refractivity contribution in [2.75, 3.05) is 24.2 Å². The van der Waals surface area contributed by atoms with Crippen LogP contribution in [0.4, 0.5) is 17.6 Å². The van der Waals surface area contributed by atoms with Crippen molar-refractivity contribution in [3.8, 4) is 0 Å². The minimum atomic E-state index is 0.332. The average Bonchev–Trinajstić information content (AvgIpc) is 3.04. The Hall–Kier alpha value is -2.38. The Morgan fingerprint density at radius 1 is 1.22 bits per heavy atom. The molecular weight excluding hydrogens is 362 g/mol. The number of anilines is 3. The number of nitrogens with two attached hydrogens (primary N) is 1. The Bertz CT molecular complexity index is 931. The second-order valence-electron chi connectivity index (χ2n) is 7.00. The van der Waals surface area contributed by atoms with E-state index in [0.717, 1.165) is 55.0 Å². The minimum absolute atomic E-state index is 0.332. The average molecular weight is 386 g/mol. The molecule has 0 saturated heterocycles. The first-order chi connectivity index (χ1) is 13.2. The number of halogens is 1. The topological polar surface area (TPSA) is 93.7 Å². The molecule has 0 radical (unpaired) electrons. The molecule has 1 aliphatic rings. The maximum atomic E-state index is 6.14. The van der Waals surface area contributed by atoms with Crippen LogP contribution in [0.1, 0.15) is 31.7 Å². The third-order valence-corrected chi connectivity index (χ3v) is 5.49. The molecule has 27 heavy (non-hydrogen) atoms. The number of imidazole rings is 1. The lowest BCUT2D eigenvalue weighted by molar-refractivity contribution is 0.284. The Morgan fingerprint density at radius 3 is 2.74 bits per heavy atom. The summed E-state index contributed by atoms with van der Waals surface area (Å²) in [5.74, 6) is 1.97. The first-order valence-corrected chi connectivity index (χ1v) is 9.71. The van der Waals surface area contributed by atoms with E-state index < -0.39 is 0 Å². The van der Waals surface area contributed by atoms with Crippen molar-refractivity contribution in [2.45, 2.75) is 31.7 Å². The van der Waals surface area contributed by atoms with Crippen LogP contribution in [-0.2, 0) is 0 Å². The van der Waals surface area contributed by atoms with Crippen molar-refractivity contribution in [2.24, 2.45) is 11.7 Å². The summed E-state index contributed by atoms with van der Waals surface area (Å²) in [6.07, 6.45) is 6.15. The molecule has 1 saturated carbocycles. The van der Waals surface area contributed by atoms with Gasteiger partial charge < -0.3 is 16.4 Å². The summed E-state index contributed by atoms with van der Waals surface area (Å²) >= 11 is 6.14. The minimum Gasteiger partial charge on any atom is -0.357 e. The maximum Gasteiger partial charge on any atom is 0.224 e. The number of aromatic nitrogens is 4. The predicted molar refractivity (Wildman–Crippen MR) is 110 cm³/mol. The van der Waals surface area contributed by atoms with E-state index in [2.05, 4.69) is 25.2 Å². The fourth-order valence-electron chi connectivity index (χ4n) is 3.78. The summed E-state index contributed by atoms with van der Waals surface area (Å²) in [5.41, 5.74) is 8.39. The molecule has 2 aromatic heterocycles. The lowest BCUT2D eigenvalue weighted by Gasteiger charge is -2.29. The van der Waals surface area contributed by atoms with Crippen molar-refractivity contribution < 1.29 is 0 Å².